The molecule has 3 heterocycles. The number of hydrogen-bond donors (Lipinski definition) is 1. The van der Waals surface area contributed by atoms with E-state index in [9.17, 15) is 18.0 Å². The normalized spacial score (nSPS) is 21.0. The van der Waals surface area contributed by atoms with Gasteiger partial charge in [-0.1, -0.05) is 44.2 Å². The Morgan fingerprint density at radius 1 is 1.00 bits per heavy atom. The molecule has 192 valence electrons. The fourth-order valence-electron chi connectivity index (χ4n) is 5.26. The maximum atomic E-state index is 13.6. The Labute approximate surface area is 211 Å². The minimum atomic E-state index is -4.73. The van der Waals surface area contributed by atoms with Crippen molar-refractivity contribution < 1.29 is 27.4 Å². The summed E-state index contributed by atoms with van der Waals surface area (Å²) in [6, 6.07) is 12.5. The molecule has 0 fully saturated rings. The van der Waals surface area contributed by atoms with Gasteiger partial charge in [0.2, 0.25) is 5.95 Å². The second-order valence-corrected chi connectivity index (χ2v) is 9.87. The SMILES string of the molecule is CC(C)c1ccc(C2CC(=O)C3=C(C2)Nc2nc(C(F)(F)F)nn2C3c2ccc3c(c2)OCCO3)cc1. The first kappa shape index (κ1) is 23.6. The molecule has 1 aromatic heterocycles. The first-order chi connectivity index (χ1) is 17.7. The summed E-state index contributed by atoms with van der Waals surface area (Å²) in [6.07, 6.45) is -4.01. The van der Waals surface area contributed by atoms with Gasteiger partial charge >= 0.3 is 6.18 Å². The summed E-state index contributed by atoms with van der Waals surface area (Å²) in [5, 5.41) is 6.79. The number of aromatic nitrogens is 3. The maximum Gasteiger partial charge on any atom is 0.453 e. The van der Waals surface area contributed by atoms with Crippen LogP contribution in [-0.2, 0) is 11.0 Å². The average Bonchev–Trinajstić information content (AvgIpc) is 3.31. The van der Waals surface area contributed by atoms with Crippen LogP contribution in [0.4, 0.5) is 19.1 Å². The molecule has 2 unspecified atom stereocenters. The van der Waals surface area contributed by atoms with Gasteiger partial charge in [0, 0.05) is 17.7 Å². The molecule has 1 aliphatic carbocycles. The Kier molecular flexibility index (Phi) is 5.50. The highest BCUT2D eigenvalue weighted by Crippen LogP contribution is 2.46. The largest absolute Gasteiger partial charge is 0.486 e. The summed E-state index contributed by atoms with van der Waals surface area (Å²) in [5.41, 5.74) is 3.77. The second kappa shape index (κ2) is 8.64. The lowest BCUT2D eigenvalue weighted by atomic mass is 9.77. The fraction of sp³-hybridized carbons (Fsp3) is 0.370. The molecule has 10 heteroatoms. The van der Waals surface area contributed by atoms with Crippen molar-refractivity contribution in [2.75, 3.05) is 18.5 Å². The molecule has 6 rings (SSSR count). The van der Waals surface area contributed by atoms with Crippen LogP contribution in [0, 0.1) is 0 Å². The zero-order valence-corrected chi connectivity index (χ0v) is 20.3. The highest BCUT2D eigenvalue weighted by atomic mass is 19.4. The van der Waals surface area contributed by atoms with Gasteiger partial charge in [0.05, 0.1) is 0 Å². The Bertz CT molecular complexity index is 1410. The third kappa shape index (κ3) is 4.14. The van der Waals surface area contributed by atoms with Crippen molar-refractivity contribution in [3.05, 3.63) is 76.2 Å². The van der Waals surface area contributed by atoms with Crippen molar-refractivity contribution in [2.24, 2.45) is 0 Å². The topological polar surface area (TPSA) is 78.3 Å². The van der Waals surface area contributed by atoms with Crippen LogP contribution in [0.1, 0.15) is 67.1 Å². The smallest absolute Gasteiger partial charge is 0.453 e. The Balaban J connectivity index is 1.43. The number of benzene rings is 2. The molecule has 2 aromatic carbocycles. The molecule has 3 aliphatic rings. The van der Waals surface area contributed by atoms with Gasteiger partial charge < -0.3 is 14.8 Å². The molecule has 0 saturated carbocycles. The summed E-state index contributed by atoms with van der Waals surface area (Å²) >= 11 is 0. The molecule has 2 atom stereocenters. The predicted molar refractivity (Wildman–Crippen MR) is 129 cm³/mol. The molecular formula is C27H25F3N4O3. The number of ketones is 1. The van der Waals surface area contributed by atoms with E-state index >= 15 is 0 Å². The summed E-state index contributed by atoms with van der Waals surface area (Å²) in [7, 11) is 0. The lowest BCUT2D eigenvalue weighted by Gasteiger charge is -2.35. The van der Waals surface area contributed by atoms with E-state index in [0.29, 0.717) is 53.9 Å². The minimum Gasteiger partial charge on any atom is -0.486 e. The molecule has 1 N–H and O–H groups in total. The molecule has 2 aliphatic heterocycles. The number of rotatable bonds is 3. The van der Waals surface area contributed by atoms with Crippen molar-refractivity contribution in [2.45, 2.75) is 50.7 Å². The highest BCUT2D eigenvalue weighted by Gasteiger charge is 2.43. The van der Waals surface area contributed by atoms with Crippen LogP contribution in [-0.4, -0.2) is 33.8 Å². The van der Waals surface area contributed by atoms with Crippen LogP contribution in [0.5, 0.6) is 11.5 Å². The molecule has 0 spiro atoms. The van der Waals surface area contributed by atoms with E-state index in [-0.39, 0.29) is 24.1 Å². The fourth-order valence-corrected chi connectivity index (χ4v) is 5.26. The highest BCUT2D eigenvalue weighted by molar-refractivity contribution is 6.00. The van der Waals surface area contributed by atoms with E-state index in [1.165, 1.54) is 5.56 Å². The van der Waals surface area contributed by atoms with Gasteiger partial charge in [0.1, 0.15) is 19.3 Å². The van der Waals surface area contributed by atoms with Crippen LogP contribution < -0.4 is 14.8 Å². The number of nitrogens with zero attached hydrogens (tertiary/aromatic N) is 3. The molecule has 0 radical (unpaired) electrons. The lowest BCUT2D eigenvalue weighted by Crippen LogP contribution is -2.33. The van der Waals surface area contributed by atoms with Gasteiger partial charge in [0.15, 0.2) is 17.3 Å². The monoisotopic (exact) mass is 510 g/mol. The first-order valence-corrected chi connectivity index (χ1v) is 12.3. The zero-order chi connectivity index (χ0) is 25.9. The molecule has 0 bridgehead atoms. The lowest BCUT2D eigenvalue weighted by molar-refractivity contribution is -0.145. The van der Waals surface area contributed by atoms with Crippen molar-refractivity contribution in [1.82, 2.24) is 14.8 Å². The molecule has 0 amide bonds. The Morgan fingerprint density at radius 3 is 2.41 bits per heavy atom. The number of nitrogens with one attached hydrogen (secondary N) is 1. The van der Waals surface area contributed by atoms with Crippen LogP contribution in [0.15, 0.2) is 53.7 Å². The van der Waals surface area contributed by atoms with Crippen molar-refractivity contribution in [3.63, 3.8) is 0 Å². The number of carbonyl (C=O) groups excluding carboxylic acids is 1. The number of ether oxygens (including phenoxy) is 2. The van der Waals surface area contributed by atoms with Crippen molar-refractivity contribution in [3.8, 4) is 11.5 Å². The van der Waals surface area contributed by atoms with Gasteiger partial charge in [-0.25, -0.2) is 4.68 Å². The summed E-state index contributed by atoms with van der Waals surface area (Å²) in [6.45, 7) is 5.01. The summed E-state index contributed by atoms with van der Waals surface area (Å²) in [4.78, 5) is 17.4. The number of fused-ring (bicyclic) bond motifs is 2. The molecule has 37 heavy (non-hydrogen) atoms. The number of halogens is 3. The van der Waals surface area contributed by atoms with Crippen molar-refractivity contribution in [1.29, 1.82) is 0 Å². The number of allylic oxidation sites excluding steroid dienone is 2. The molecule has 7 nitrogen and oxygen atoms in total. The van der Waals surface area contributed by atoms with E-state index in [1.54, 1.807) is 18.2 Å². The molecule has 0 saturated heterocycles. The Hall–Kier alpha value is -3.82. The van der Waals surface area contributed by atoms with Crippen LogP contribution in [0.3, 0.4) is 0 Å². The van der Waals surface area contributed by atoms with E-state index in [0.717, 1.165) is 10.2 Å². The third-order valence-electron chi connectivity index (χ3n) is 7.13. The number of hydrogen-bond acceptors (Lipinski definition) is 6. The third-order valence-corrected chi connectivity index (χ3v) is 7.13. The average molecular weight is 511 g/mol. The van der Waals surface area contributed by atoms with Gasteiger partial charge in [-0.2, -0.15) is 18.2 Å². The quantitative estimate of drug-likeness (QED) is 0.494. The van der Waals surface area contributed by atoms with E-state index in [2.05, 4.69) is 41.4 Å². The van der Waals surface area contributed by atoms with E-state index < -0.39 is 18.0 Å². The minimum absolute atomic E-state index is 0.0467. The Morgan fingerprint density at radius 2 is 1.70 bits per heavy atom. The van der Waals surface area contributed by atoms with Crippen LogP contribution in [0.2, 0.25) is 0 Å². The van der Waals surface area contributed by atoms with Crippen LogP contribution >= 0.6 is 0 Å². The predicted octanol–water partition coefficient (Wildman–Crippen LogP) is 5.61. The van der Waals surface area contributed by atoms with Gasteiger partial charge in [0.25, 0.3) is 5.82 Å². The summed E-state index contributed by atoms with van der Waals surface area (Å²) in [5.74, 6) is -0.127. The zero-order valence-electron chi connectivity index (χ0n) is 20.3. The summed E-state index contributed by atoms with van der Waals surface area (Å²) < 4.78 is 53.1. The molecule has 3 aromatic rings. The number of alkyl halides is 3. The van der Waals surface area contributed by atoms with E-state index in [1.807, 2.05) is 12.1 Å². The van der Waals surface area contributed by atoms with Crippen molar-refractivity contribution >= 4 is 11.7 Å². The first-order valence-electron chi connectivity index (χ1n) is 12.3. The van der Waals surface area contributed by atoms with Crippen LogP contribution in [0.25, 0.3) is 0 Å². The number of anilines is 1. The number of Topliss-reactive ketones (excluding diaryl/α,β-unsaturated/α-hetero) is 1. The number of carbonyl (C=O) groups is 1. The molecular weight excluding hydrogens is 485 g/mol. The van der Waals surface area contributed by atoms with Gasteiger partial charge in [-0.15, -0.1) is 5.10 Å². The maximum absolute atomic E-state index is 13.6. The second-order valence-electron chi connectivity index (χ2n) is 9.87. The van der Waals surface area contributed by atoms with Gasteiger partial charge in [-0.3, -0.25) is 4.79 Å². The van der Waals surface area contributed by atoms with Gasteiger partial charge in [-0.05, 0) is 47.1 Å². The van der Waals surface area contributed by atoms with E-state index in [4.69, 9.17) is 9.47 Å². The standard InChI is InChI=1S/C27H25F3N4O3/c1-14(2)15-3-5-16(6-4-15)18-11-19-23(20(35)12-18)24(17-7-8-21-22(13-17)37-10-9-36-21)34-26(31-19)32-25(33-34)27(28,29)30/h3-8,13-14,18,24H,9-12H2,1-2H3,(H,31,32,33).